The molecule has 0 aromatic rings. The van der Waals surface area contributed by atoms with Crippen LogP contribution in [0, 0.1) is 5.92 Å². The summed E-state index contributed by atoms with van der Waals surface area (Å²) in [4.78, 5) is 0. The molecule has 56 valence electrons. The van der Waals surface area contributed by atoms with Gasteiger partial charge in [-0.2, -0.15) is 0 Å². The maximum atomic E-state index is 9.21. The van der Waals surface area contributed by atoms with Crippen LogP contribution in [0.1, 0.15) is 27.7 Å². The second-order valence-corrected chi connectivity index (χ2v) is 3.34. The van der Waals surface area contributed by atoms with E-state index >= 15 is 0 Å². The third-order valence-electron chi connectivity index (χ3n) is 1.36. The van der Waals surface area contributed by atoms with Crippen molar-refractivity contribution in [2.45, 2.75) is 39.4 Å². The highest BCUT2D eigenvalue weighted by Crippen LogP contribution is 2.15. The minimum absolute atomic E-state index is 0.116. The van der Waals surface area contributed by atoms with Crippen LogP contribution in [0.5, 0.6) is 0 Å². The first-order chi connectivity index (χ1) is 3.85. The summed E-state index contributed by atoms with van der Waals surface area (Å²) in [6.45, 7) is 6.97. The maximum Gasteiger partial charge on any atom is 0.0852 e. The Labute approximate surface area is 56.5 Å². The highest BCUT2D eigenvalue weighted by atomic mass is 16.3. The molecule has 0 aromatic carbocycles. The lowest BCUT2D eigenvalue weighted by atomic mass is 9.93. The van der Waals surface area contributed by atoms with Gasteiger partial charge < -0.3 is 10.2 Å². The molecule has 0 aromatic heterocycles. The minimum Gasteiger partial charge on any atom is -0.390 e. The molecule has 2 nitrogen and oxygen atoms in total. The molecule has 0 bridgehead atoms. The Balaban J connectivity index is 3.88. The van der Waals surface area contributed by atoms with Gasteiger partial charge in [0.25, 0.3) is 0 Å². The van der Waals surface area contributed by atoms with E-state index in [1.54, 1.807) is 13.8 Å². The van der Waals surface area contributed by atoms with Gasteiger partial charge in [-0.15, -0.1) is 0 Å². The lowest BCUT2D eigenvalue weighted by molar-refractivity contribution is -0.0695. The van der Waals surface area contributed by atoms with Crippen LogP contribution >= 0.6 is 0 Å². The quantitative estimate of drug-likeness (QED) is 0.582. The molecule has 0 heterocycles. The Morgan fingerprint density at radius 2 is 1.56 bits per heavy atom. The van der Waals surface area contributed by atoms with E-state index in [-0.39, 0.29) is 5.92 Å². The normalized spacial score (nSPS) is 16.3. The minimum atomic E-state index is -0.964. The summed E-state index contributed by atoms with van der Waals surface area (Å²) >= 11 is 0. The van der Waals surface area contributed by atoms with Gasteiger partial charge in [-0.05, 0) is 19.8 Å². The van der Waals surface area contributed by atoms with Crippen molar-refractivity contribution < 1.29 is 10.2 Å². The van der Waals surface area contributed by atoms with Crippen molar-refractivity contribution in [1.29, 1.82) is 0 Å². The van der Waals surface area contributed by atoms with Crippen molar-refractivity contribution >= 4 is 0 Å². The molecule has 0 amide bonds. The second-order valence-electron chi connectivity index (χ2n) is 3.34. The van der Waals surface area contributed by atoms with E-state index in [9.17, 15) is 10.2 Å². The SMILES string of the molecule is CC(C)C(O)C(C)(C)O. The Morgan fingerprint density at radius 3 is 1.56 bits per heavy atom. The van der Waals surface area contributed by atoms with Crippen LogP contribution in [-0.4, -0.2) is 21.9 Å². The maximum absolute atomic E-state index is 9.21. The summed E-state index contributed by atoms with van der Waals surface area (Å²) in [5, 5.41) is 18.4. The van der Waals surface area contributed by atoms with Crippen molar-refractivity contribution in [1.82, 2.24) is 0 Å². The van der Waals surface area contributed by atoms with Crippen molar-refractivity contribution in [2.24, 2.45) is 5.92 Å². The highest BCUT2D eigenvalue weighted by molar-refractivity contribution is 4.78. The van der Waals surface area contributed by atoms with E-state index in [4.69, 9.17) is 0 Å². The number of hydrogen-bond acceptors (Lipinski definition) is 2. The molecule has 0 rings (SSSR count). The van der Waals surface area contributed by atoms with E-state index in [0.717, 1.165) is 0 Å². The average molecular weight is 132 g/mol. The zero-order chi connectivity index (χ0) is 7.65. The van der Waals surface area contributed by atoms with Crippen LogP contribution in [-0.2, 0) is 0 Å². The molecular weight excluding hydrogens is 116 g/mol. The van der Waals surface area contributed by atoms with Gasteiger partial charge in [-0.25, -0.2) is 0 Å². The van der Waals surface area contributed by atoms with E-state index < -0.39 is 11.7 Å². The molecular formula is C7H16O2. The third-order valence-corrected chi connectivity index (χ3v) is 1.36. The lowest BCUT2D eigenvalue weighted by Gasteiger charge is -2.27. The van der Waals surface area contributed by atoms with Gasteiger partial charge in [-0.1, -0.05) is 13.8 Å². The molecule has 1 unspecified atom stereocenters. The zero-order valence-electron chi connectivity index (χ0n) is 6.55. The van der Waals surface area contributed by atoms with Gasteiger partial charge in [0.15, 0.2) is 0 Å². The third kappa shape index (κ3) is 2.82. The van der Waals surface area contributed by atoms with Crippen LogP contribution < -0.4 is 0 Å². The van der Waals surface area contributed by atoms with Gasteiger partial charge in [0.1, 0.15) is 0 Å². The van der Waals surface area contributed by atoms with Crippen LogP contribution in [0.15, 0.2) is 0 Å². The molecule has 2 N–H and O–H groups in total. The summed E-state index contributed by atoms with van der Waals surface area (Å²) in [5.41, 5.74) is -0.964. The largest absolute Gasteiger partial charge is 0.390 e. The van der Waals surface area contributed by atoms with E-state index in [0.29, 0.717) is 0 Å². The standard InChI is InChI=1S/C7H16O2/c1-5(2)6(8)7(3,4)9/h5-6,8-9H,1-4H3. The van der Waals surface area contributed by atoms with E-state index in [1.165, 1.54) is 0 Å². The second kappa shape index (κ2) is 2.67. The fourth-order valence-electron chi connectivity index (χ4n) is 0.816. The summed E-state index contributed by atoms with van der Waals surface area (Å²) < 4.78 is 0. The molecule has 0 radical (unpaired) electrons. The molecule has 1 atom stereocenters. The van der Waals surface area contributed by atoms with Crippen LogP contribution in [0.3, 0.4) is 0 Å². The molecule has 0 aliphatic rings. The fourth-order valence-corrected chi connectivity index (χ4v) is 0.816. The van der Waals surface area contributed by atoms with Gasteiger partial charge in [0.05, 0.1) is 11.7 Å². The predicted octanol–water partition coefficient (Wildman–Crippen LogP) is 0.774. The zero-order valence-corrected chi connectivity index (χ0v) is 6.55. The molecule has 0 saturated carbocycles. The Hall–Kier alpha value is -0.0800. The Morgan fingerprint density at radius 1 is 1.22 bits per heavy atom. The van der Waals surface area contributed by atoms with Crippen LogP contribution in [0.2, 0.25) is 0 Å². The molecule has 0 spiro atoms. The Kier molecular flexibility index (Phi) is 2.65. The summed E-state index contributed by atoms with van der Waals surface area (Å²) in [6.07, 6.45) is -0.627. The number of aliphatic hydroxyl groups excluding tert-OH is 1. The van der Waals surface area contributed by atoms with Crippen LogP contribution in [0.4, 0.5) is 0 Å². The number of aliphatic hydroxyl groups is 2. The Bertz CT molecular complexity index is 81.4. The monoisotopic (exact) mass is 132 g/mol. The number of rotatable bonds is 2. The van der Waals surface area contributed by atoms with Crippen molar-refractivity contribution in [3.05, 3.63) is 0 Å². The van der Waals surface area contributed by atoms with Gasteiger partial charge in [0, 0.05) is 0 Å². The van der Waals surface area contributed by atoms with Crippen molar-refractivity contribution in [3.63, 3.8) is 0 Å². The van der Waals surface area contributed by atoms with Crippen LogP contribution in [0.25, 0.3) is 0 Å². The first-order valence-corrected chi connectivity index (χ1v) is 3.26. The highest BCUT2D eigenvalue weighted by Gasteiger charge is 2.26. The molecule has 0 aliphatic carbocycles. The molecule has 0 fully saturated rings. The predicted molar refractivity (Wildman–Crippen MR) is 37.1 cm³/mol. The topological polar surface area (TPSA) is 40.5 Å². The van der Waals surface area contributed by atoms with Gasteiger partial charge in [0.2, 0.25) is 0 Å². The average Bonchev–Trinajstić information content (AvgIpc) is 1.62. The lowest BCUT2D eigenvalue weighted by Crippen LogP contribution is -2.39. The molecule has 9 heavy (non-hydrogen) atoms. The number of hydrogen-bond donors (Lipinski definition) is 2. The van der Waals surface area contributed by atoms with E-state index in [1.807, 2.05) is 13.8 Å². The van der Waals surface area contributed by atoms with Crippen molar-refractivity contribution in [3.8, 4) is 0 Å². The summed E-state index contributed by atoms with van der Waals surface area (Å²) in [6, 6.07) is 0. The first kappa shape index (κ1) is 8.92. The fraction of sp³-hybridized carbons (Fsp3) is 1.00. The molecule has 2 heteroatoms. The first-order valence-electron chi connectivity index (χ1n) is 3.26. The smallest absolute Gasteiger partial charge is 0.0852 e. The van der Waals surface area contributed by atoms with Gasteiger partial charge >= 0.3 is 0 Å². The van der Waals surface area contributed by atoms with Gasteiger partial charge in [-0.3, -0.25) is 0 Å². The summed E-state index contributed by atoms with van der Waals surface area (Å²) in [7, 11) is 0. The summed E-state index contributed by atoms with van der Waals surface area (Å²) in [5.74, 6) is 0.116. The van der Waals surface area contributed by atoms with Crippen molar-refractivity contribution in [2.75, 3.05) is 0 Å². The molecule has 0 aliphatic heterocycles. The molecule has 0 saturated heterocycles. The van der Waals surface area contributed by atoms with E-state index in [2.05, 4.69) is 0 Å².